The highest BCUT2D eigenvalue weighted by molar-refractivity contribution is 5.81. The summed E-state index contributed by atoms with van der Waals surface area (Å²) in [6.45, 7) is 1.51. The van der Waals surface area contributed by atoms with Crippen LogP contribution in [0.1, 0.15) is 12.8 Å². The van der Waals surface area contributed by atoms with Crippen molar-refractivity contribution in [2.45, 2.75) is 12.8 Å². The summed E-state index contributed by atoms with van der Waals surface area (Å²) in [5.41, 5.74) is -1.26. The van der Waals surface area contributed by atoms with Gasteiger partial charge < -0.3 is 15.1 Å². The van der Waals surface area contributed by atoms with Crippen LogP contribution in [-0.2, 0) is 0 Å². The van der Waals surface area contributed by atoms with Crippen LogP contribution in [-0.4, -0.2) is 28.0 Å². The summed E-state index contributed by atoms with van der Waals surface area (Å²) in [6.07, 6.45) is 1.98. The van der Waals surface area contributed by atoms with Crippen LogP contribution in [0.4, 0.5) is 10.1 Å². The molecule has 7 heteroatoms. The van der Waals surface area contributed by atoms with Crippen LogP contribution in [0.2, 0.25) is 0 Å². The van der Waals surface area contributed by atoms with E-state index in [0.29, 0.717) is 5.69 Å². The Morgan fingerprint density at radius 3 is 2.58 bits per heavy atom. The van der Waals surface area contributed by atoms with Gasteiger partial charge in [-0.05, 0) is 25.0 Å². The maximum atomic E-state index is 14.0. The third kappa shape index (κ3) is 1.78. The number of anilines is 1. The van der Waals surface area contributed by atoms with E-state index < -0.39 is 17.1 Å². The van der Waals surface area contributed by atoms with Gasteiger partial charge in [-0.15, -0.1) is 0 Å². The number of halogens is 1. The molecule has 6 nitrogen and oxygen atoms in total. The molecule has 2 aromatic rings. The first kappa shape index (κ1) is 11.8. The minimum Gasteiger partial charge on any atom is -0.421 e. The second kappa shape index (κ2) is 4.11. The van der Waals surface area contributed by atoms with Crippen molar-refractivity contribution in [3.63, 3.8) is 0 Å². The first-order chi connectivity index (χ1) is 9.08. The quantitative estimate of drug-likeness (QED) is 0.743. The maximum absolute atomic E-state index is 14.0. The van der Waals surface area contributed by atoms with E-state index in [1.165, 1.54) is 6.07 Å². The first-order valence-corrected chi connectivity index (χ1v) is 6.01. The van der Waals surface area contributed by atoms with E-state index in [0.717, 1.165) is 32.0 Å². The van der Waals surface area contributed by atoms with Crippen molar-refractivity contribution < 1.29 is 9.60 Å². The van der Waals surface area contributed by atoms with Crippen LogP contribution in [0.25, 0.3) is 10.9 Å². The monoisotopic (exact) mass is 265 g/mol. The Kier molecular flexibility index (Phi) is 2.55. The van der Waals surface area contributed by atoms with E-state index in [1.54, 1.807) is 0 Å². The smallest absolute Gasteiger partial charge is 0.362 e. The molecule has 0 aliphatic carbocycles. The van der Waals surface area contributed by atoms with Crippen molar-refractivity contribution in [3.05, 3.63) is 38.8 Å². The predicted molar refractivity (Wildman–Crippen MR) is 67.4 cm³/mol. The molecule has 0 unspecified atom stereocenters. The van der Waals surface area contributed by atoms with Crippen LogP contribution in [0.5, 0.6) is 0 Å². The van der Waals surface area contributed by atoms with Crippen molar-refractivity contribution >= 4 is 16.6 Å². The fourth-order valence-electron chi connectivity index (χ4n) is 2.42. The van der Waals surface area contributed by atoms with E-state index in [-0.39, 0.29) is 15.6 Å². The number of nitrogens with zero attached hydrogens (tertiary/aromatic N) is 2. The Morgan fingerprint density at radius 1 is 1.21 bits per heavy atom. The molecule has 1 fully saturated rings. The van der Waals surface area contributed by atoms with Gasteiger partial charge in [0, 0.05) is 13.1 Å². The Bertz CT molecular complexity index is 759. The van der Waals surface area contributed by atoms with Gasteiger partial charge in [0.1, 0.15) is 5.82 Å². The van der Waals surface area contributed by atoms with Gasteiger partial charge in [-0.25, -0.2) is 9.18 Å². The predicted octanol–water partition coefficient (Wildman–Crippen LogP) is 0.666. The molecule has 0 amide bonds. The molecule has 0 spiro atoms. The highest BCUT2D eigenvalue weighted by Crippen LogP contribution is 2.26. The molecule has 1 aromatic carbocycles. The second-order valence-corrected chi connectivity index (χ2v) is 4.59. The fraction of sp³-hybridized carbons (Fsp3) is 0.333. The average Bonchev–Trinajstić information content (AvgIpc) is 2.90. The van der Waals surface area contributed by atoms with Gasteiger partial charge in [0.15, 0.2) is 0 Å². The summed E-state index contributed by atoms with van der Waals surface area (Å²) < 4.78 is 14.0. The molecule has 2 heterocycles. The summed E-state index contributed by atoms with van der Waals surface area (Å²) >= 11 is 0. The zero-order valence-corrected chi connectivity index (χ0v) is 10.0. The lowest BCUT2D eigenvalue weighted by Gasteiger charge is -2.18. The lowest BCUT2D eigenvalue weighted by molar-refractivity contribution is 0.162. The Morgan fingerprint density at radius 2 is 1.89 bits per heavy atom. The topological polar surface area (TPSA) is 78.3 Å². The minimum atomic E-state index is -0.934. The summed E-state index contributed by atoms with van der Waals surface area (Å²) in [4.78, 5) is 27.2. The average molecular weight is 265 g/mol. The molecule has 19 heavy (non-hydrogen) atoms. The SMILES string of the molecule is O=c1[nH]c2cc(N3CCCC3)c(F)cc2c(=O)n1O. The molecule has 0 bridgehead atoms. The number of rotatable bonds is 1. The molecule has 0 saturated carbocycles. The third-order valence-corrected chi connectivity index (χ3v) is 3.39. The molecule has 100 valence electrons. The van der Waals surface area contributed by atoms with Crippen molar-refractivity contribution in [1.82, 2.24) is 9.71 Å². The maximum Gasteiger partial charge on any atom is 0.362 e. The van der Waals surface area contributed by atoms with Gasteiger partial charge in [-0.3, -0.25) is 4.79 Å². The summed E-state index contributed by atoms with van der Waals surface area (Å²) in [7, 11) is 0. The van der Waals surface area contributed by atoms with Gasteiger partial charge in [-0.2, -0.15) is 0 Å². The molecular formula is C12H12FN3O3. The van der Waals surface area contributed by atoms with Crippen LogP contribution in [0, 0.1) is 5.82 Å². The molecule has 3 rings (SSSR count). The van der Waals surface area contributed by atoms with Crippen molar-refractivity contribution in [3.8, 4) is 0 Å². The van der Waals surface area contributed by atoms with Crippen molar-refractivity contribution in [1.29, 1.82) is 0 Å². The van der Waals surface area contributed by atoms with Gasteiger partial charge in [-0.1, -0.05) is 4.73 Å². The summed E-state index contributed by atoms with van der Waals surface area (Å²) in [5.74, 6) is -0.529. The molecule has 2 N–H and O–H groups in total. The number of fused-ring (bicyclic) bond motifs is 1. The number of aromatic nitrogens is 2. The lowest BCUT2D eigenvalue weighted by Crippen LogP contribution is -2.33. The van der Waals surface area contributed by atoms with Crippen molar-refractivity contribution in [2.75, 3.05) is 18.0 Å². The highest BCUT2D eigenvalue weighted by Gasteiger charge is 2.18. The number of nitrogens with one attached hydrogen (secondary N) is 1. The normalized spacial score (nSPS) is 15.3. The largest absolute Gasteiger partial charge is 0.421 e. The van der Waals surface area contributed by atoms with Gasteiger partial charge in [0.25, 0.3) is 5.56 Å². The van der Waals surface area contributed by atoms with Crippen LogP contribution >= 0.6 is 0 Å². The third-order valence-electron chi connectivity index (χ3n) is 3.39. The minimum absolute atomic E-state index is 0.0532. The number of hydrogen-bond donors (Lipinski definition) is 2. The standard InChI is InChI=1S/C12H12FN3O3/c13-8-5-7-9(14-12(18)16(19)11(7)17)6-10(8)15-3-1-2-4-15/h5-6,19H,1-4H2,(H,14,18). The lowest BCUT2D eigenvalue weighted by atomic mass is 10.2. The Balaban J connectivity index is 2.28. The second-order valence-electron chi connectivity index (χ2n) is 4.59. The Hall–Kier alpha value is -2.31. The highest BCUT2D eigenvalue weighted by atomic mass is 19.1. The Labute approximate surface area is 106 Å². The van der Waals surface area contributed by atoms with Gasteiger partial charge in [0.05, 0.1) is 16.6 Å². The van der Waals surface area contributed by atoms with E-state index in [4.69, 9.17) is 0 Å². The van der Waals surface area contributed by atoms with Crippen LogP contribution < -0.4 is 16.1 Å². The zero-order chi connectivity index (χ0) is 13.6. The molecule has 0 radical (unpaired) electrons. The van der Waals surface area contributed by atoms with E-state index in [2.05, 4.69) is 4.98 Å². The summed E-state index contributed by atoms with van der Waals surface area (Å²) in [6, 6.07) is 2.49. The van der Waals surface area contributed by atoms with E-state index in [9.17, 15) is 19.2 Å². The van der Waals surface area contributed by atoms with Gasteiger partial charge >= 0.3 is 5.69 Å². The van der Waals surface area contributed by atoms with E-state index >= 15 is 0 Å². The molecule has 1 saturated heterocycles. The van der Waals surface area contributed by atoms with Crippen LogP contribution in [0.3, 0.4) is 0 Å². The number of benzene rings is 1. The molecule has 1 aliphatic heterocycles. The fourth-order valence-corrected chi connectivity index (χ4v) is 2.42. The van der Waals surface area contributed by atoms with Crippen molar-refractivity contribution in [2.24, 2.45) is 0 Å². The zero-order valence-electron chi connectivity index (χ0n) is 10.0. The van der Waals surface area contributed by atoms with Gasteiger partial charge in [0.2, 0.25) is 0 Å². The molecule has 1 aromatic heterocycles. The molecule has 0 atom stereocenters. The molecular weight excluding hydrogens is 253 g/mol. The first-order valence-electron chi connectivity index (χ1n) is 6.01. The number of H-pyrrole nitrogens is 1. The number of hydrogen-bond acceptors (Lipinski definition) is 4. The molecule has 1 aliphatic rings. The summed E-state index contributed by atoms with van der Waals surface area (Å²) in [5, 5.41) is 9.15. The van der Waals surface area contributed by atoms with Crippen LogP contribution in [0.15, 0.2) is 21.7 Å². The van der Waals surface area contributed by atoms with E-state index in [1.807, 2.05) is 4.90 Å². The number of aromatic amines is 1.